The van der Waals surface area contributed by atoms with E-state index < -0.39 is 16.1 Å². The molecule has 2 aromatic rings. The standard InChI is InChI=1S/C16H20N2O4S/c1-11-9-14(21-3)15(22-4)10-16(11)23(19,20)18-12(2)13-7-5-6-8-17-13/h5-10,12,18H,1-4H3/t12-/m1/s1. The van der Waals surface area contributed by atoms with Crippen LogP contribution in [0.5, 0.6) is 11.5 Å². The molecule has 0 saturated carbocycles. The van der Waals surface area contributed by atoms with Crippen LogP contribution in [-0.4, -0.2) is 27.6 Å². The number of nitrogens with one attached hydrogen (secondary N) is 1. The molecule has 7 heteroatoms. The molecular weight excluding hydrogens is 316 g/mol. The lowest BCUT2D eigenvalue weighted by molar-refractivity contribution is 0.353. The van der Waals surface area contributed by atoms with Crippen LogP contribution < -0.4 is 14.2 Å². The van der Waals surface area contributed by atoms with Crippen LogP contribution in [0, 0.1) is 6.92 Å². The summed E-state index contributed by atoms with van der Waals surface area (Å²) in [7, 11) is -0.749. The van der Waals surface area contributed by atoms with Crippen molar-refractivity contribution in [3.8, 4) is 11.5 Å². The monoisotopic (exact) mass is 336 g/mol. The Morgan fingerprint density at radius 2 is 1.78 bits per heavy atom. The Morgan fingerprint density at radius 1 is 1.13 bits per heavy atom. The number of ether oxygens (including phenoxy) is 2. The van der Waals surface area contributed by atoms with E-state index in [4.69, 9.17) is 9.47 Å². The number of sulfonamides is 1. The number of rotatable bonds is 6. The van der Waals surface area contributed by atoms with Crippen LogP contribution in [0.3, 0.4) is 0 Å². The van der Waals surface area contributed by atoms with E-state index in [1.165, 1.54) is 20.3 Å². The molecule has 124 valence electrons. The van der Waals surface area contributed by atoms with Crippen LogP contribution >= 0.6 is 0 Å². The van der Waals surface area contributed by atoms with Crippen LogP contribution in [-0.2, 0) is 10.0 Å². The molecule has 1 atom stereocenters. The van der Waals surface area contributed by atoms with Crippen LogP contribution in [0.1, 0.15) is 24.2 Å². The quantitative estimate of drug-likeness (QED) is 0.877. The molecule has 6 nitrogen and oxygen atoms in total. The Morgan fingerprint density at radius 3 is 2.35 bits per heavy atom. The van der Waals surface area contributed by atoms with Gasteiger partial charge in [-0.1, -0.05) is 6.07 Å². The molecule has 0 radical (unpaired) electrons. The molecule has 0 aliphatic carbocycles. The SMILES string of the molecule is COc1cc(C)c(S(=O)(=O)N[C@H](C)c2ccccn2)cc1OC. The second-order valence-corrected chi connectivity index (χ2v) is 6.75. The summed E-state index contributed by atoms with van der Waals surface area (Å²) in [5.41, 5.74) is 1.22. The first-order chi connectivity index (χ1) is 10.9. The summed E-state index contributed by atoms with van der Waals surface area (Å²) in [5, 5.41) is 0. The molecule has 1 N–H and O–H groups in total. The predicted molar refractivity (Wildman–Crippen MR) is 87.3 cm³/mol. The van der Waals surface area contributed by atoms with Gasteiger partial charge in [0.05, 0.1) is 30.9 Å². The molecule has 0 saturated heterocycles. The second-order valence-electron chi connectivity index (χ2n) is 5.07. The third-order valence-electron chi connectivity index (χ3n) is 3.43. The van der Waals surface area contributed by atoms with E-state index in [9.17, 15) is 8.42 Å². The molecule has 2 rings (SSSR count). The molecule has 0 aliphatic rings. The Labute approximate surface area is 136 Å². The zero-order valence-electron chi connectivity index (χ0n) is 13.5. The Bertz CT molecular complexity index is 776. The molecule has 0 unspecified atom stereocenters. The number of aromatic nitrogens is 1. The van der Waals surface area contributed by atoms with Gasteiger partial charge in [-0.3, -0.25) is 4.98 Å². The highest BCUT2D eigenvalue weighted by molar-refractivity contribution is 7.89. The highest BCUT2D eigenvalue weighted by Crippen LogP contribution is 2.32. The average Bonchev–Trinajstić information content (AvgIpc) is 2.54. The fourth-order valence-electron chi connectivity index (χ4n) is 2.24. The Balaban J connectivity index is 2.36. The van der Waals surface area contributed by atoms with Crippen molar-refractivity contribution >= 4 is 10.0 Å². The van der Waals surface area contributed by atoms with Gasteiger partial charge in [0.1, 0.15) is 0 Å². The first-order valence-electron chi connectivity index (χ1n) is 7.05. The van der Waals surface area contributed by atoms with E-state index in [1.54, 1.807) is 38.2 Å². The summed E-state index contributed by atoms with van der Waals surface area (Å²) in [6.07, 6.45) is 1.63. The number of hydrogen-bond donors (Lipinski definition) is 1. The minimum Gasteiger partial charge on any atom is -0.493 e. The second kappa shape index (κ2) is 6.97. The largest absolute Gasteiger partial charge is 0.493 e. The number of aryl methyl sites for hydroxylation is 1. The van der Waals surface area contributed by atoms with Crippen molar-refractivity contribution < 1.29 is 17.9 Å². The van der Waals surface area contributed by atoms with E-state index in [-0.39, 0.29) is 4.90 Å². The topological polar surface area (TPSA) is 77.5 Å². The van der Waals surface area contributed by atoms with Gasteiger partial charge in [0.2, 0.25) is 10.0 Å². The van der Waals surface area contributed by atoms with Gasteiger partial charge in [-0.2, -0.15) is 0 Å². The van der Waals surface area contributed by atoms with Crippen molar-refractivity contribution in [3.05, 3.63) is 47.8 Å². The van der Waals surface area contributed by atoms with Crippen molar-refractivity contribution in [1.29, 1.82) is 0 Å². The van der Waals surface area contributed by atoms with Crippen LogP contribution in [0.2, 0.25) is 0 Å². The highest BCUT2D eigenvalue weighted by atomic mass is 32.2. The van der Waals surface area contributed by atoms with Crippen molar-refractivity contribution in [3.63, 3.8) is 0 Å². The fraction of sp³-hybridized carbons (Fsp3) is 0.312. The molecule has 23 heavy (non-hydrogen) atoms. The minimum absolute atomic E-state index is 0.151. The van der Waals surface area contributed by atoms with Crippen molar-refractivity contribution in [2.75, 3.05) is 14.2 Å². The summed E-state index contributed by atoms with van der Waals surface area (Å²) < 4.78 is 38.3. The average molecular weight is 336 g/mol. The summed E-state index contributed by atoms with van der Waals surface area (Å²) in [4.78, 5) is 4.32. The maximum atomic E-state index is 12.7. The predicted octanol–water partition coefficient (Wildman–Crippen LogP) is 2.45. The van der Waals surface area contributed by atoms with Gasteiger partial charge in [0, 0.05) is 12.3 Å². The highest BCUT2D eigenvalue weighted by Gasteiger charge is 2.23. The first kappa shape index (κ1) is 17.2. The van der Waals surface area contributed by atoms with E-state index in [0.29, 0.717) is 22.8 Å². The van der Waals surface area contributed by atoms with Crippen molar-refractivity contribution in [2.45, 2.75) is 24.8 Å². The third-order valence-corrected chi connectivity index (χ3v) is 5.12. The summed E-state index contributed by atoms with van der Waals surface area (Å²) in [5.74, 6) is 0.852. The number of benzene rings is 1. The lowest BCUT2D eigenvalue weighted by Gasteiger charge is -2.17. The lowest BCUT2D eigenvalue weighted by Crippen LogP contribution is -2.28. The molecule has 0 bridgehead atoms. The zero-order chi connectivity index (χ0) is 17.0. The van der Waals surface area contributed by atoms with Crippen LogP contribution in [0.25, 0.3) is 0 Å². The molecule has 0 fully saturated rings. The number of pyridine rings is 1. The third kappa shape index (κ3) is 3.80. The van der Waals surface area contributed by atoms with Gasteiger partial charge < -0.3 is 9.47 Å². The normalized spacial score (nSPS) is 12.7. The summed E-state index contributed by atoms with van der Waals surface area (Å²) in [6, 6.07) is 8.02. The van der Waals surface area contributed by atoms with Gasteiger partial charge in [-0.05, 0) is 37.6 Å². The molecular formula is C16H20N2O4S. The van der Waals surface area contributed by atoms with Gasteiger partial charge in [0.15, 0.2) is 11.5 Å². The van der Waals surface area contributed by atoms with E-state index >= 15 is 0 Å². The molecule has 0 spiro atoms. The minimum atomic E-state index is -3.72. The number of nitrogens with zero attached hydrogens (tertiary/aromatic N) is 1. The molecule has 0 amide bonds. The summed E-state index contributed by atoms with van der Waals surface area (Å²) >= 11 is 0. The molecule has 1 aromatic carbocycles. The summed E-state index contributed by atoms with van der Waals surface area (Å²) in [6.45, 7) is 3.46. The zero-order valence-corrected chi connectivity index (χ0v) is 14.3. The van der Waals surface area contributed by atoms with E-state index in [1.807, 2.05) is 6.07 Å². The van der Waals surface area contributed by atoms with Crippen LogP contribution in [0.4, 0.5) is 0 Å². The first-order valence-corrected chi connectivity index (χ1v) is 8.53. The molecule has 1 aromatic heterocycles. The van der Waals surface area contributed by atoms with E-state index in [2.05, 4.69) is 9.71 Å². The van der Waals surface area contributed by atoms with E-state index in [0.717, 1.165) is 0 Å². The molecule has 1 heterocycles. The fourth-order valence-corrected chi connectivity index (χ4v) is 3.70. The van der Waals surface area contributed by atoms with Crippen LogP contribution in [0.15, 0.2) is 41.4 Å². The number of hydrogen-bond acceptors (Lipinski definition) is 5. The lowest BCUT2D eigenvalue weighted by atomic mass is 10.2. The van der Waals surface area contributed by atoms with Gasteiger partial charge >= 0.3 is 0 Å². The van der Waals surface area contributed by atoms with Crippen molar-refractivity contribution in [1.82, 2.24) is 9.71 Å². The maximum absolute atomic E-state index is 12.7. The van der Waals surface area contributed by atoms with Gasteiger partial charge in [-0.25, -0.2) is 13.1 Å². The molecule has 0 aliphatic heterocycles. The van der Waals surface area contributed by atoms with Gasteiger partial charge in [-0.15, -0.1) is 0 Å². The number of methoxy groups -OCH3 is 2. The Hall–Kier alpha value is -2.12. The van der Waals surface area contributed by atoms with Crippen molar-refractivity contribution in [2.24, 2.45) is 0 Å². The smallest absolute Gasteiger partial charge is 0.241 e. The van der Waals surface area contributed by atoms with Gasteiger partial charge in [0.25, 0.3) is 0 Å². The Kier molecular flexibility index (Phi) is 5.23. The maximum Gasteiger partial charge on any atom is 0.241 e.